The molecule has 50 valence electrons. The van der Waals surface area contributed by atoms with Crippen molar-refractivity contribution in [1.82, 2.24) is 0 Å². The zero-order valence-electron chi connectivity index (χ0n) is 6.39. The molecule has 1 rings (SSSR count). The fourth-order valence-corrected chi connectivity index (χ4v) is 1.12. The van der Waals surface area contributed by atoms with Crippen LogP contribution in [0.2, 0.25) is 0 Å². The van der Waals surface area contributed by atoms with E-state index in [0.29, 0.717) is 0 Å². The van der Waals surface area contributed by atoms with Crippen molar-refractivity contribution >= 4 is 0 Å². The maximum Gasteiger partial charge on any atom is -0.0171 e. The second-order valence-corrected chi connectivity index (χ2v) is 2.94. The van der Waals surface area contributed by atoms with Crippen LogP contribution >= 0.6 is 0 Å². The second kappa shape index (κ2) is 2.38. The SMILES string of the molecule is CC1=CC=CC(C)[C@@H]1C. The van der Waals surface area contributed by atoms with E-state index in [0.717, 1.165) is 11.8 Å². The quantitative estimate of drug-likeness (QED) is 0.463. The van der Waals surface area contributed by atoms with Crippen molar-refractivity contribution in [1.29, 1.82) is 0 Å². The zero-order chi connectivity index (χ0) is 6.85. The Morgan fingerprint density at radius 2 is 2.00 bits per heavy atom. The average molecular weight is 122 g/mol. The molecule has 0 heteroatoms. The van der Waals surface area contributed by atoms with Crippen molar-refractivity contribution in [3.63, 3.8) is 0 Å². The van der Waals surface area contributed by atoms with Gasteiger partial charge in [-0.15, -0.1) is 0 Å². The molecular formula is C9H14. The Balaban J connectivity index is 2.73. The lowest BCUT2D eigenvalue weighted by Crippen LogP contribution is -2.08. The number of rotatable bonds is 0. The Morgan fingerprint density at radius 1 is 1.33 bits per heavy atom. The Hall–Kier alpha value is -0.520. The van der Waals surface area contributed by atoms with Gasteiger partial charge in [0.15, 0.2) is 0 Å². The highest BCUT2D eigenvalue weighted by Gasteiger charge is 2.12. The Labute approximate surface area is 57.3 Å². The van der Waals surface area contributed by atoms with Crippen molar-refractivity contribution in [3.05, 3.63) is 23.8 Å². The summed E-state index contributed by atoms with van der Waals surface area (Å²) in [5.41, 5.74) is 1.50. The fraction of sp³-hybridized carbons (Fsp3) is 0.556. The van der Waals surface area contributed by atoms with Crippen LogP contribution < -0.4 is 0 Å². The topological polar surface area (TPSA) is 0 Å². The molecule has 0 heterocycles. The minimum atomic E-state index is 0.731. The monoisotopic (exact) mass is 122 g/mol. The van der Waals surface area contributed by atoms with Gasteiger partial charge in [0.2, 0.25) is 0 Å². The molecule has 0 saturated carbocycles. The van der Waals surface area contributed by atoms with E-state index in [9.17, 15) is 0 Å². The van der Waals surface area contributed by atoms with E-state index in [-0.39, 0.29) is 0 Å². The van der Waals surface area contributed by atoms with Gasteiger partial charge in [-0.3, -0.25) is 0 Å². The maximum absolute atomic E-state index is 2.28. The predicted octanol–water partition coefficient (Wildman–Crippen LogP) is 2.77. The summed E-state index contributed by atoms with van der Waals surface area (Å²) in [6, 6.07) is 0. The predicted molar refractivity (Wildman–Crippen MR) is 41.2 cm³/mol. The molecule has 1 aliphatic carbocycles. The maximum atomic E-state index is 2.28. The largest absolute Gasteiger partial charge is 0.0811 e. The molecule has 0 amide bonds. The van der Waals surface area contributed by atoms with E-state index in [2.05, 4.69) is 39.0 Å². The minimum Gasteiger partial charge on any atom is -0.0811 e. The van der Waals surface area contributed by atoms with Crippen molar-refractivity contribution in [2.24, 2.45) is 11.8 Å². The van der Waals surface area contributed by atoms with Crippen molar-refractivity contribution in [2.45, 2.75) is 20.8 Å². The standard InChI is InChI=1S/C9H14/c1-7-5-4-6-8(2)9(7)3/h4-7,9H,1-3H3/t7?,9-/m0/s1. The molecule has 0 nitrogen and oxygen atoms in total. The fourth-order valence-electron chi connectivity index (χ4n) is 1.12. The van der Waals surface area contributed by atoms with Gasteiger partial charge < -0.3 is 0 Å². The van der Waals surface area contributed by atoms with E-state index < -0.39 is 0 Å². The van der Waals surface area contributed by atoms with E-state index >= 15 is 0 Å². The second-order valence-electron chi connectivity index (χ2n) is 2.94. The third-order valence-electron chi connectivity index (χ3n) is 2.28. The third kappa shape index (κ3) is 1.24. The van der Waals surface area contributed by atoms with E-state index in [1.54, 1.807) is 0 Å². The van der Waals surface area contributed by atoms with Gasteiger partial charge in [0.25, 0.3) is 0 Å². The first-order valence-corrected chi connectivity index (χ1v) is 3.57. The summed E-state index contributed by atoms with van der Waals surface area (Å²) >= 11 is 0. The van der Waals surface area contributed by atoms with Crippen LogP contribution in [-0.2, 0) is 0 Å². The summed E-state index contributed by atoms with van der Waals surface area (Å²) in [5, 5.41) is 0. The summed E-state index contributed by atoms with van der Waals surface area (Å²) in [4.78, 5) is 0. The summed E-state index contributed by atoms with van der Waals surface area (Å²) in [6.07, 6.45) is 6.61. The van der Waals surface area contributed by atoms with Crippen molar-refractivity contribution in [2.75, 3.05) is 0 Å². The smallest absolute Gasteiger partial charge is 0.0171 e. The van der Waals surface area contributed by atoms with Gasteiger partial charge in [0.05, 0.1) is 0 Å². The first-order valence-electron chi connectivity index (χ1n) is 3.57. The molecule has 0 saturated heterocycles. The Bertz CT molecular complexity index is 151. The molecule has 0 fully saturated rings. The highest BCUT2D eigenvalue weighted by molar-refractivity contribution is 5.20. The molecule has 0 aromatic carbocycles. The van der Waals surface area contributed by atoms with E-state index in [1.165, 1.54) is 5.57 Å². The first-order chi connectivity index (χ1) is 4.22. The van der Waals surface area contributed by atoms with E-state index in [1.807, 2.05) is 0 Å². The van der Waals surface area contributed by atoms with Crippen LogP contribution in [0.1, 0.15) is 20.8 Å². The lowest BCUT2D eigenvalue weighted by atomic mass is 9.86. The summed E-state index contributed by atoms with van der Waals surface area (Å²) < 4.78 is 0. The number of hydrogen-bond donors (Lipinski definition) is 0. The highest BCUT2D eigenvalue weighted by atomic mass is 14.2. The number of hydrogen-bond acceptors (Lipinski definition) is 0. The summed E-state index contributed by atoms with van der Waals surface area (Å²) in [5.74, 6) is 1.48. The molecule has 1 unspecified atom stereocenters. The molecule has 9 heavy (non-hydrogen) atoms. The van der Waals surface area contributed by atoms with Gasteiger partial charge in [0, 0.05) is 0 Å². The van der Waals surface area contributed by atoms with Crippen LogP contribution in [0.25, 0.3) is 0 Å². The lowest BCUT2D eigenvalue weighted by molar-refractivity contribution is 0.523. The molecule has 1 aliphatic rings. The van der Waals surface area contributed by atoms with Gasteiger partial charge in [0.1, 0.15) is 0 Å². The third-order valence-corrected chi connectivity index (χ3v) is 2.28. The van der Waals surface area contributed by atoms with Crippen LogP contribution in [-0.4, -0.2) is 0 Å². The van der Waals surface area contributed by atoms with Gasteiger partial charge >= 0.3 is 0 Å². The Kier molecular flexibility index (Phi) is 1.75. The molecule has 0 aromatic heterocycles. The zero-order valence-corrected chi connectivity index (χ0v) is 6.39. The molecule has 0 bridgehead atoms. The molecule has 0 N–H and O–H groups in total. The van der Waals surface area contributed by atoms with Gasteiger partial charge in [-0.2, -0.15) is 0 Å². The van der Waals surface area contributed by atoms with Crippen LogP contribution in [0.3, 0.4) is 0 Å². The van der Waals surface area contributed by atoms with Crippen molar-refractivity contribution in [3.8, 4) is 0 Å². The Morgan fingerprint density at radius 3 is 2.44 bits per heavy atom. The normalized spacial score (nSPS) is 34.3. The lowest BCUT2D eigenvalue weighted by Gasteiger charge is -2.19. The molecule has 0 radical (unpaired) electrons. The highest BCUT2D eigenvalue weighted by Crippen LogP contribution is 2.24. The van der Waals surface area contributed by atoms with Gasteiger partial charge in [-0.25, -0.2) is 0 Å². The van der Waals surface area contributed by atoms with Crippen LogP contribution in [0, 0.1) is 11.8 Å². The molecule has 2 atom stereocenters. The number of allylic oxidation sites excluding steroid dienone is 4. The average Bonchev–Trinajstić information content (AvgIpc) is 1.83. The minimum absolute atomic E-state index is 0.731. The first kappa shape index (κ1) is 6.60. The van der Waals surface area contributed by atoms with Crippen LogP contribution in [0.4, 0.5) is 0 Å². The van der Waals surface area contributed by atoms with Crippen molar-refractivity contribution < 1.29 is 0 Å². The molecular weight excluding hydrogens is 108 g/mol. The summed E-state index contributed by atoms with van der Waals surface area (Å²) in [6.45, 7) is 6.74. The van der Waals surface area contributed by atoms with Crippen LogP contribution in [0.5, 0.6) is 0 Å². The van der Waals surface area contributed by atoms with Gasteiger partial charge in [-0.05, 0) is 18.8 Å². The summed E-state index contributed by atoms with van der Waals surface area (Å²) in [7, 11) is 0. The van der Waals surface area contributed by atoms with Gasteiger partial charge in [-0.1, -0.05) is 37.6 Å². The van der Waals surface area contributed by atoms with E-state index in [4.69, 9.17) is 0 Å². The molecule has 0 spiro atoms. The molecule has 0 aliphatic heterocycles. The van der Waals surface area contributed by atoms with Crippen LogP contribution in [0.15, 0.2) is 23.8 Å². The molecule has 0 aromatic rings.